The van der Waals surface area contributed by atoms with Gasteiger partial charge in [-0.25, -0.2) is 0 Å². The largest absolute Gasteiger partial charge is 0.372 e. The van der Waals surface area contributed by atoms with Crippen molar-refractivity contribution >= 4 is 0 Å². The zero-order valence-electron chi connectivity index (χ0n) is 10.5. The fourth-order valence-electron chi connectivity index (χ4n) is 2.54. The molecule has 0 spiro atoms. The highest BCUT2D eigenvalue weighted by Gasteiger charge is 2.36. The average molecular weight is 231 g/mol. The zero-order valence-corrected chi connectivity index (χ0v) is 10.5. The summed E-state index contributed by atoms with van der Waals surface area (Å²) >= 11 is 0. The summed E-state index contributed by atoms with van der Waals surface area (Å²) < 4.78 is 5.88. The second-order valence-electron chi connectivity index (χ2n) is 5.75. The molecule has 1 aliphatic carbocycles. The van der Waals surface area contributed by atoms with Crippen LogP contribution in [0.25, 0.3) is 0 Å². The summed E-state index contributed by atoms with van der Waals surface area (Å²) in [6, 6.07) is 8.68. The molecule has 1 fully saturated rings. The summed E-state index contributed by atoms with van der Waals surface area (Å²) in [4.78, 5) is 0. The van der Waals surface area contributed by atoms with Gasteiger partial charge in [0.1, 0.15) is 0 Å². The van der Waals surface area contributed by atoms with Crippen LogP contribution in [0.1, 0.15) is 37.0 Å². The molecule has 1 aromatic rings. The molecule has 2 aliphatic rings. The van der Waals surface area contributed by atoms with Gasteiger partial charge < -0.3 is 10.1 Å². The lowest BCUT2D eigenvalue weighted by molar-refractivity contribution is 0.0419. The Hall–Kier alpha value is -0.860. The molecule has 3 rings (SSSR count). The van der Waals surface area contributed by atoms with Gasteiger partial charge in [0.05, 0.1) is 12.7 Å². The summed E-state index contributed by atoms with van der Waals surface area (Å²) in [5.74, 6) is 0. The Labute approximate surface area is 103 Å². The normalized spacial score (nSPS) is 25.4. The van der Waals surface area contributed by atoms with Gasteiger partial charge in [-0.15, -0.1) is 0 Å². The van der Waals surface area contributed by atoms with Crippen LogP contribution >= 0.6 is 0 Å². The Morgan fingerprint density at radius 2 is 2.18 bits per heavy atom. The number of nitrogens with one attached hydrogen (secondary N) is 1. The minimum atomic E-state index is 0.252. The third kappa shape index (κ3) is 2.53. The third-order valence-corrected chi connectivity index (χ3v) is 4.08. The first-order valence-electron chi connectivity index (χ1n) is 6.67. The smallest absolute Gasteiger partial charge is 0.0952 e. The van der Waals surface area contributed by atoms with Gasteiger partial charge in [-0.05, 0) is 35.8 Å². The molecular weight excluding hydrogens is 210 g/mol. The molecule has 1 atom stereocenters. The van der Waals surface area contributed by atoms with Crippen molar-refractivity contribution in [2.45, 2.75) is 32.3 Å². The van der Waals surface area contributed by atoms with E-state index in [1.54, 1.807) is 0 Å². The lowest BCUT2D eigenvalue weighted by Gasteiger charge is -2.26. The predicted molar refractivity (Wildman–Crippen MR) is 69.0 cm³/mol. The highest BCUT2D eigenvalue weighted by Crippen LogP contribution is 2.44. The third-order valence-electron chi connectivity index (χ3n) is 4.08. The number of rotatable bonds is 4. The molecule has 1 heterocycles. The fourth-order valence-corrected chi connectivity index (χ4v) is 2.54. The molecule has 1 saturated carbocycles. The topological polar surface area (TPSA) is 21.3 Å². The van der Waals surface area contributed by atoms with E-state index >= 15 is 0 Å². The van der Waals surface area contributed by atoms with Crippen LogP contribution in [-0.2, 0) is 11.2 Å². The van der Waals surface area contributed by atoms with E-state index in [1.165, 1.54) is 24.0 Å². The summed E-state index contributed by atoms with van der Waals surface area (Å²) in [5.41, 5.74) is 3.42. The van der Waals surface area contributed by atoms with Crippen LogP contribution < -0.4 is 5.32 Å². The van der Waals surface area contributed by atoms with Crippen molar-refractivity contribution in [2.75, 3.05) is 19.7 Å². The molecule has 2 nitrogen and oxygen atoms in total. The van der Waals surface area contributed by atoms with Gasteiger partial charge in [0.25, 0.3) is 0 Å². The summed E-state index contributed by atoms with van der Waals surface area (Å²) in [6.45, 7) is 5.30. The van der Waals surface area contributed by atoms with Crippen molar-refractivity contribution in [3.05, 3.63) is 35.4 Å². The molecule has 1 aliphatic heterocycles. The van der Waals surface area contributed by atoms with E-state index in [-0.39, 0.29) is 6.10 Å². The van der Waals surface area contributed by atoms with Gasteiger partial charge >= 0.3 is 0 Å². The summed E-state index contributed by atoms with van der Waals surface area (Å²) in [6.07, 6.45) is 4.07. The first kappa shape index (κ1) is 11.2. The number of fused-ring (bicyclic) bond motifs is 1. The molecule has 0 amide bonds. The first-order chi connectivity index (χ1) is 8.27. The molecule has 0 aromatic heterocycles. The van der Waals surface area contributed by atoms with E-state index in [4.69, 9.17) is 4.74 Å². The predicted octanol–water partition coefficient (Wildman–Crippen LogP) is 2.69. The maximum absolute atomic E-state index is 5.88. The lowest BCUT2D eigenvalue weighted by Crippen LogP contribution is -2.30. The van der Waals surface area contributed by atoms with Crippen molar-refractivity contribution in [1.29, 1.82) is 0 Å². The summed E-state index contributed by atoms with van der Waals surface area (Å²) in [5, 5.41) is 3.57. The molecule has 0 saturated heterocycles. The zero-order chi connectivity index (χ0) is 11.7. The first-order valence-corrected chi connectivity index (χ1v) is 6.67. The molecule has 1 unspecified atom stereocenters. The monoisotopic (exact) mass is 231 g/mol. The van der Waals surface area contributed by atoms with E-state index in [1.807, 2.05) is 0 Å². The van der Waals surface area contributed by atoms with Crippen molar-refractivity contribution < 1.29 is 4.74 Å². The maximum Gasteiger partial charge on any atom is 0.0952 e. The van der Waals surface area contributed by atoms with E-state index in [2.05, 4.69) is 36.5 Å². The quantitative estimate of drug-likeness (QED) is 0.860. The van der Waals surface area contributed by atoms with Gasteiger partial charge in [0.15, 0.2) is 0 Å². The van der Waals surface area contributed by atoms with Crippen LogP contribution in [0.2, 0.25) is 0 Å². The van der Waals surface area contributed by atoms with Crippen molar-refractivity contribution in [3.8, 4) is 0 Å². The molecule has 92 valence electrons. The van der Waals surface area contributed by atoms with Crippen molar-refractivity contribution in [1.82, 2.24) is 5.32 Å². The fraction of sp³-hybridized carbons (Fsp3) is 0.600. The Balaban J connectivity index is 1.60. The minimum absolute atomic E-state index is 0.252. The molecule has 0 bridgehead atoms. The number of benzene rings is 1. The van der Waals surface area contributed by atoms with Crippen molar-refractivity contribution in [3.63, 3.8) is 0 Å². The van der Waals surface area contributed by atoms with Crippen LogP contribution in [-0.4, -0.2) is 19.7 Å². The van der Waals surface area contributed by atoms with Gasteiger partial charge in [-0.2, -0.15) is 0 Å². The van der Waals surface area contributed by atoms with E-state index in [0.29, 0.717) is 5.41 Å². The van der Waals surface area contributed by atoms with Crippen molar-refractivity contribution in [2.24, 2.45) is 5.41 Å². The molecule has 1 aromatic carbocycles. The molecule has 17 heavy (non-hydrogen) atoms. The lowest BCUT2D eigenvalue weighted by atomic mass is 9.97. The maximum atomic E-state index is 5.88. The van der Waals surface area contributed by atoms with Crippen LogP contribution in [0, 0.1) is 5.41 Å². The van der Waals surface area contributed by atoms with Crippen LogP contribution in [0.4, 0.5) is 0 Å². The highest BCUT2D eigenvalue weighted by atomic mass is 16.5. The Morgan fingerprint density at radius 3 is 3.00 bits per heavy atom. The Kier molecular flexibility index (Phi) is 2.93. The summed E-state index contributed by atoms with van der Waals surface area (Å²) in [7, 11) is 0. The average Bonchev–Trinajstić information content (AvgIpc) is 3.08. The SMILES string of the molecule is CC1(CNCC2OCCc3ccccc32)CC1. The van der Waals surface area contributed by atoms with E-state index in [0.717, 1.165) is 26.1 Å². The minimum Gasteiger partial charge on any atom is -0.372 e. The van der Waals surface area contributed by atoms with Gasteiger partial charge in [0, 0.05) is 13.1 Å². The van der Waals surface area contributed by atoms with Gasteiger partial charge in [0.2, 0.25) is 0 Å². The van der Waals surface area contributed by atoms with Gasteiger partial charge in [-0.1, -0.05) is 31.2 Å². The van der Waals surface area contributed by atoms with Gasteiger partial charge in [-0.3, -0.25) is 0 Å². The standard InChI is InChI=1S/C15H21NO/c1-15(7-8-15)11-16-10-14-13-5-3-2-4-12(13)6-9-17-14/h2-5,14,16H,6-11H2,1H3. The highest BCUT2D eigenvalue weighted by molar-refractivity contribution is 5.31. The Bertz CT molecular complexity index is 398. The van der Waals surface area contributed by atoms with Crippen LogP contribution in [0.15, 0.2) is 24.3 Å². The number of ether oxygens (including phenoxy) is 1. The Morgan fingerprint density at radius 1 is 1.35 bits per heavy atom. The molecular formula is C15H21NO. The molecule has 1 N–H and O–H groups in total. The van der Waals surface area contributed by atoms with Crippen LogP contribution in [0.3, 0.4) is 0 Å². The second-order valence-corrected chi connectivity index (χ2v) is 5.75. The molecule has 0 radical (unpaired) electrons. The van der Waals surface area contributed by atoms with Crippen LogP contribution in [0.5, 0.6) is 0 Å². The number of hydrogen-bond donors (Lipinski definition) is 1. The number of hydrogen-bond acceptors (Lipinski definition) is 2. The second kappa shape index (κ2) is 4.43. The van der Waals surface area contributed by atoms with E-state index in [9.17, 15) is 0 Å². The van der Waals surface area contributed by atoms with E-state index < -0.39 is 0 Å². The molecule has 2 heteroatoms.